The summed E-state index contributed by atoms with van der Waals surface area (Å²) in [5, 5.41) is 9.22. The maximum atomic E-state index is 5.77. The fraction of sp³-hybridized carbons (Fsp3) is 0. The lowest BCUT2D eigenvalue weighted by atomic mass is 10.2. The Morgan fingerprint density at radius 1 is 1.11 bits per heavy atom. The molecule has 85 valence electrons. The van der Waals surface area contributed by atoms with E-state index in [1.54, 1.807) is 4.68 Å². The molecule has 2 heterocycles. The van der Waals surface area contributed by atoms with Gasteiger partial charge in [-0.2, -0.15) is 4.68 Å². The van der Waals surface area contributed by atoms with Gasteiger partial charge in [-0.15, -0.1) is 5.10 Å². The molecule has 0 aliphatic carbocycles. The molecule has 0 saturated heterocycles. The van der Waals surface area contributed by atoms with Gasteiger partial charge in [0.25, 0.3) is 0 Å². The summed E-state index contributed by atoms with van der Waals surface area (Å²) < 4.78 is 7.45. The molecule has 4 nitrogen and oxygen atoms in total. The van der Waals surface area contributed by atoms with Crippen molar-refractivity contribution in [3.8, 4) is 5.88 Å². The minimum atomic E-state index is 0.665. The van der Waals surface area contributed by atoms with Crippen LogP contribution in [0.3, 0.4) is 0 Å². The highest BCUT2D eigenvalue weighted by atomic mass is 16.4. The normalized spacial score (nSPS) is 11.3. The number of furan rings is 1. The standard InChI is InChI=1S/C14H8N3O/c1-4-8-13-10(5-1)9-14(18-13)17-12-7-3-2-6-11(12)15-16-17/h1-5,7-9H. The fourth-order valence-corrected chi connectivity index (χ4v) is 2.04. The van der Waals surface area contributed by atoms with E-state index < -0.39 is 0 Å². The molecule has 0 aliphatic rings. The van der Waals surface area contributed by atoms with E-state index in [0.29, 0.717) is 5.88 Å². The third kappa shape index (κ3) is 1.26. The Kier molecular flexibility index (Phi) is 1.80. The van der Waals surface area contributed by atoms with Gasteiger partial charge >= 0.3 is 0 Å². The lowest BCUT2D eigenvalue weighted by Crippen LogP contribution is -1.93. The van der Waals surface area contributed by atoms with Crippen LogP contribution in [-0.4, -0.2) is 15.0 Å². The second kappa shape index (κ2) is 3.43. The number of hydrogen-bond donors (Lipinski definition) is 0. The van der Waals surface area contributed by atoms with Crippen LogP contribution in [0.15, 0.2) is 52.9 Å². The molecule has 4 heteroatoms. The van der Waals surface area contributed by atoms with Gasteiger partial charge in [-0.3, -0.25) is 0 Å². The van der Waals surface area contributed by atoms with Crippen molar-refractivity contribution < 1.29 is 4.42 Å². The highest BCUT2D eigenvalue weighted by Crippen LogP contribution is 2.23. The molecule has 0 aliphatic heterocycles. The van der Waals surface area contributed by atoms with Gasteiger partial charge in [0.05, 0.1) is 5.52 Å². The highest BCUT2D eigenvalue weighted by Gasteiger charge is 2.10. The van der Waals surface area contributed by atoms with Crippen molar-refractivity contribution in [3.63, 3.8) is 0 Å². The average molecular weight is 234 g/mol. The number of aromatic nitrogens is 3. The number of rotatable bonds is 1. The van der Waals surface area contributed by atoms with Gasteiger partial charge in [0.15, 0.2) is 0 Å². The lowest BCUT2D eigenvalue weighted by Gasteiger charge is -1.95. The maximum absolute atomic E-state index is 5.77. The van der Waals surface area contributed by atoms with Crippen LogP contribution in [0.5, 0.6) is 0 Å². The van der Waals surface area contributed by atoms with E-state index in [1.807, 2.05) is 48.5 Å². The second-order valence-electron chi connectivity index (χ2n) is 4.03. The number of nitrogens with zero attached hydrogens (tertiary/aromatic N) is 3. The van der Waals surface area contributed by atoms with E-state index in [4.69, 9.17) is 4.42 Å². The van der Waals surface area contributed by atoms with Crippen LogP contribution in [0.25, 0.3) is 27.9 Å². The van der Waals surface area contributed by atoms with Crippen molar-refractivity contribution in [2.24, 2.45) is 0 Å². The second-order valence-corrected chi connectivity index (χ2v) is 4.03. The fourth-order valence-electron chi connectivity index (χ4n) is 2.04. The predicted octanol–water partition coefficient (Wildman–Crippen LogP) is 2.97. The van der Waals surface area contributed by atoms with Crippen molar-refractivity contribution in [2.75, 3.05) is 0 Å². The Morgan fingerprint density at radius 2 is 2.06 bits per heavy atom. The number of hydrogen-bond acceptors (Lipinski definition) is 3. The van der Waals surface area contributed by atoms with Crippen molar-refractivity contribution >= 4 is 22.0 Å². The van der Waals surface area contributed by atoms with Crippen LogP contribution >= 0.6 is 0 Å². The van der Waals surface area contributed by atoms with Crippen LogP contribution in [0, 0.1) is 6.07 Å². The first kappa shape index (κ1) is 9.41. The van der Waals surface area contributed by atoms with Gasteiger partial charge in [0.1, 0.15) is 11.1 Å². The van der Waals surface area contributed by atoms with Crippen LogP contribution < -0.4 is 0 Å². The highest BCUT2D eigenvalue weighted by molar-refractivity contribution is 5.81. The zero-order valence-corrected chi connectivity index (χ0v) is 9.37. The molecular formula is C14H8N3O. The van der Waals surface area contributed by atoms with Crippen molar-refractivity contribution in [1.82, 2.24) is 15.0 Å². The van der Waals surface area contributed by atoms with Crippen LogP contribution in [0.1, 0.15) is 0 Å². The summed E-state index contributed by atoms with van der Waals surface area (Å²) >= 11 is 0. The monoisotopic (exact) mass is 234 g/mol. The molecule has 4 rings (SSSR count). The molecule has 0 bridgehead atoms. The Morgan fingerprint density at radius 3 is 3.00 bits per heavy atom. The SMILES string of the molecule is [c]1cccc2c1nnn2-c1cc2ccccc2o1. The Balaban J connectivity index is 2.01. The van der Waals surface area contributed by atoms with E-state index in [1.165, 1.54) is 0 Å². The van der Waals surface area contributed by atoms with Gasteiger partial charge in [0, 0.05) is 17.5 Å². The average Bonchev–Trinajstić information content (AvgIpc) is 3.02. The van der Waals surface area contributed by atoms with Gasteiger partial charge in [-0.05, 0) is 12.1 Å². The summed E-state index contributed by atoms with van der Waals surface area (Å²) in [4.78, 5) is 0. The Bertz CT molecular complexity index is 811. The zero-order chi connectivity index (χ0) is 11.9. The molecule has 0 atom stereocenters. The third-order valence-electron chi connectivity index (χ3n) is 2.90. The van der Waals surface area contributed by atoms with Crippen molar-refractivity contribution in [3.05, 3.63) is 54.6 Å². The summed E-state index contributed by atoms with van der Waals surface area (Å²) in [6.07, 6.45) is 0. The summed E-state index contributed by atoms with van der Waals surface area (Å²) in [6.45, 7) is 0. The first-order chi connectivity index (χ1) is 8.92. The number of benzene rings is 2. The Labute approximate surface area is 102 Å². The number of fused-ring (bicyclic) bond motifs is 2. The largest absolute Gasteiger partial charge is 0.438 e. The predicted molar refractivity (Wildman–Crippen MR) is 67.5 cm³/mol. The summed E-state index contributed by atoms with van der Waals surface area (Å²) in [5.74, 6) is 0.665. The van der Waals surface area contributed by atoms with Crippen molar-refractivity contribution in [1.29, 1.82) is 0 Å². The minimum absolute atomic E-state index is 0.665. The molecule has 4 aromatic rings. The van der Waals surface area contributed by atoms with E-state index in [0.717, 1.165) is 22.0 Å². The molecule has 2 aromatic carbocycles. The summed E-state index contributed by atoms with van der Waals surface area (Å²) in [7, 11) is 0. The first-order valence-corrected chi connectivity index (χ1v) is 5.63. The van der Waals surface area contributed by atoms with E-state index in [-0.39, 0.29) is 0 Å². The minimum Gasteiger partial charge on any atom is -0.438 e. The smallest absolute Gasteiger partial charge is 0.223 e. The maximum Gasteiger partial charge on any atom is 0.223 e. The topological polar surface area (TPSA) is 43.9 Å². The molecule has 18 heavy (non-hydrogen) atoms. The molecule has 2 aromatic heterocycles. The molecule has 0 spiro atoms. The summed E-state index contributed by atoms with van der Waals surface area (Å²) in [5.41, 5.74) is 2.46. The quantitative estimate of drug-likeness (QED) is 0.508. The third-order valence-corrected chi connectivity index (χ3v) is 2.90. The van der Waals surface area contributed by atoms with Crippen LogP contribution in [-0.2, 0) is 0 Å². The van der Waals surface area contributed by atoms with Gasteiger partial charge in [-0.25, -0.2) is 0 Å². The zero-order valence-electron chi connectivity index (χ0n) is 9.37. The molecule has 0 amide bonds. The van der Waals surface area contributed by atoms with Gasteiger partial charge < -0.3 is 4.42 Å². The molecule has 0 fully saturated rings. The lowest BCUT2D eigenvalue weighted by molar-refractivity contribution is 0.558. The Hall–Kier alpha value is -2.62. The molecule has 0 N–H and O–H groups in total. The van der Waals surface area contributed by atoms with E-state index in [2.05, 4.69) is 16.4 Å². The molecule has 1 radical (unpaired) electrons. The molecule has 0 saturated carbocycles. The van der Waals surface area contributed by atoms with Crippen LogP contribution in [0.2, 0.25) is 0 Å². The number of para-hydroxylation sites is 1. The van der Waals surface area contributed by atoms with E-state index >= 15 is 0 Å². The first-order valence-electron chi connectivity index (χ1n) is 5.63. The molecular weight excluding hydrogens is 226 g/mol. The van der Waals surface area contributed by atoms with Gasteiger partial charge in [0.2, 0.25) is 5.88 Å². The van der Waals surface area contributed by atoms with E-state index in [9.17, 15) is 0 Å². The van der Waals surface area contributed by atoms with Crippen LogP contribution in [0.4, 0.5) is 0 Å². The molecule has 0 unspecified atom stereocenters. The summed E-state index contributed by atoms with van der Waals surface area (Å²) in [6, 6.07) is 18.5. The van der Waals surface area contributed by atoms with Gasteiger partial charge in [-0.1, -0.05) is 35.5 Å². The van der Waals surface area contributed by atoms with Crippen molar-refractivity contribution in [2.45, 2.75) is 0 Å².